The fourth-order valence-electron chi connectivity index (χ4n) is 2.98. The van der Waals surface area contributed by atoms with Crippen molar-refractivity contribution in [1.29, 1.82) is 0 Å². The number of benzene rings is 1. The Balaban J connectivity index is 1.40. The first-order valence-electron chi connectivity index (χ1n) is 8.34. The molecule has 0 saturated heterocycles. The lowest BCUT2D eigenvalue weighted by atomic mass is 10.2. The van der Waals surface area contributed by atoms with E-state index in [0.29, 0.717) is 13.0 Å². The van der Waals surface area contributed by atoms with Crippen LogP contribution >= 0.6 is 0 Å². The molecule has 1 aromatic carbocycles. The normalized spacial score (nSPS) is 12.5. The van der Waals surface area contributed by atoms with E-state index in [1.807, 2.05) is 70.7 Å². The Hall–Kier alpha value is -3.15. The average molecular weight is 333 g/mol. The number of pyridine rings is 1. The highest BCUT2D eigenvalue weighted by molar-refractivity contribution is 5.83. The molecule has 0 aliphatic heterocycles. The van der Waals surface area contributed by atoms with Crippen LogP contribution in [0.3, 0.4) is 0 Å². The molecule has 3 heterocycles. The fraction of sp³-hybridized carbons (Fsp3) is 0.211. The fourth-order valence-corrected chi connectivity index (χ4v) is 2.98. The van der Waals surface area contributed by atoms with E-state index in [-0.39, 0.29) is 11.9 Å². The first kappa shape index (κ1) is 15.4. The summed E-state index contributed by atoms with van der Waals surface area (Å²) < 4.78 is 3.88. The van der Waals surface area contributed by atoms with Crippen LogP contribution in [0, 0.1) is 0 Å². The maximum absolute atomic E-state index is 12.5. The summed E-state index contributed by atoms with van der Waals surface area (Å²) >= 11 is 0. The Bertz CT molecular complexity index is 999. The van der Waals surface area contributed by atoms with Crippen LogP contribution < -0.4 is 5.32 Å². The zero-order valence-corrected chi connectivity index (χ0v) is 14.0. The predicted molar refractivity (Wildman–Crippen MR) is 96.3 cm³/mol. The van der Waals surface area contributed by atoms with Gasteiger partial charge >= 0.3 is 0 Å². The van der Waals surface area contributed by atoms with E-state index in [9.17, 15) is 4.79 Å². The number of hydrogen-bond acceptors (Lipinski definition) is 3. The second-order valence-corrected chi connectivity index (χ2v) is 6.06. The molecule has 4 aromatic rings. The zero-order valence-electron chi connectivity index (χ0n) is 14.0. The Morgan fingerprint density at radius 1 is 1.20 bits per heavy atom. The van der Waals surface area contributed by atoms with E-state index in [2.05, 4.69) is 15.3 Å². The lowest BCUT2D eigenvalue weighted by molar-refractivity contribution is -0.123. The van der Waals surface area contributed by atoms with E-state index in [4.69, 9.17) is 0 Å². The van der Waals surface area contributed by atoms with Crippen LogP contribution in [0.5, 0.6) is 0 Å². The number of para-hydroxylation sites is 2. The van der Waals surface area contributed by atoms with E-state index in [1.54, 1.807) is 6.33 Å². The van der Waals surface area contributed by atoms with Crippen LogP contribution in [-0.4, -0.2) is 31.4 Å². The molecule has 1 atom stereocenters. The van der Waals surface area contributed by atoms with Crippen molar-refractivity contribution in [3.8, 4) is 0 Å². The molecule has 1 N–H and O–H groups in total. The summed E-state index contributed by atoms with van der Waals surface area (Å²) in [5, 5.41) is 2.99. The molecule has 0 fully saturated rings. The molecule has 1 amide bonds. The standard InChI is InChI=1S/C19H19N5O/c1-14(24-13-21-16-6-2-3-7-17(16)24)19(25)20-10-9-15-12-23-11-5-4-8-18(23)22-15/h2-8,11-14H,9-10H2,1H3,(H,20,25). The van der Waals surface area contributed by atoms with Gasteiger partial charge in [0.2, 0.25) is 5.91 Å². The van der Waals surface area contributed by atoms with Gasteiger partial charge in [0, 0.05) is 25.4 Å². The number of nitrogens with one attached hydrogen (secondary N) is 1. The molecule has 6 heteroatoms. The second kappa shape index (κ2) is 6.39. The summed E-state index contributed by atoms with van der Waals surface area (Å²) in [4.78, 5) is 21.3. The van der Waals surface area contributed by atoms with Gasteiger partial charge in [-0.1, -0.05) is 18.2 Å². The van der Waals surface area contributed by atoms with Crippen molar-refractivity contribution < 1.29 is 4.79 Å². The average Bonchev–Trinajstić information content (AvgIpc) is 3.24. The van der Waals surface area contributed by atoms with Crippen molar-refractivity contribution in [2.45, 2.75) is 19.4 Å². The van der Waals surface area contributed by atoms with Crippen molar-refractivity contribution in [2.75, 3.05) is 6.54 Å². The van der Waals surface area contributed by atoms with Crippen LogP contribution in [-0.2, 0) is 11.2 Å². The van der Waals surface area contributed by atoms with Crippen molar-refractivity contribution in [3.63, 3.8) is 0 Å². The highest BCUT2D eigenvalue weighted by Crippen LogP contribution is 2.17. The molecule has 25 heavy (non-hydrogen) atoms. The number of fused-ring (bicyclic) bond motifs is 2. The Labute approximate surface area is 145 Å². The number of carbonyl (C=O) groups excluding carboxylic acids is 1. The maximum atomic E-state index is 12.5. The highest BCUT2D eigenvalue weighted by atomic mass is 16.2. The summed E-state index contributed by atoms with van der Waals surface area (Å²) in [6, 6.07) is 13.4. The number of nitrogens with zero attached hydrogens (tertiary/aromatic N) is 4. The van der Waals surface area contributed by atoms with Gasteiger partial charge in [-0.05, 0) is 31.2 Å². The number of hydrogen-bond donors (Lipinski definition) is 1. The Kier molecular flexibility index (Phi) is 3.93. The second-order valence-electron chi connectivity index (χ2n) is 6.06. The number of aromatic nitrogens is 4. The van der Waals surface area contributed by atoms with Crippen LogP contribution in [0.15, 0.2) is 61.2 Å². The van der Waals surface area contributed by atoms with E-state index >= 15 is 0 Å². The van der Waals surface area contributed by atoms with Crippen LogP contribution in [0.1, 0.15) is 18.7 Å². The lowest BCUT2D eigenvalue weighted by Gasteiger charge is -2.14. The van der Waals surface area contributed by atoms with Crippen molar-refractivity contribution in [2.24, 2.45) is 0 Å². The van der Waals surface area contributed by atoms with Crippen molar-refractivity contribution >= 4 is 22.6 Å². The molecule has 0 aliphatic carbocycles. The minimum Gasteiger partial charge on any atom is -0.354 e. The maximum Gasteiger partial charge on any atom is 0.242 e. The molecular weight excluding hydrogens is 314 g/mol. The Morgan fingerprint density at radius 2 is 2.04 bits per heavy atom. The summed E-state index contributed by atoms with van der Waals surface area (Å²) in [6.07, 6.45) is 6.38. The Morgan fingerprint density at radius 3 is 2.92 bits per heavy atom. The molecule has 6 nitrogen and oxygen atoms in total. The topological polar surface area (TPSA) is 64.2 Å². The summed E-state index contributed by atoms with van der Waals surface area (Å²) in [7, 11) is 0. The molecular formula is C19H19N5O. The summed E-state index contributed by atoms with van der Waals surface area (Å²) in [5.74, 6) is -0.0214. The largest absolute Gasteiger partial charge is 0.354 e. The third-order valence-corrected chi connectivity index (χ3v) is 4.37. The number of imidazole rings is 2. The van der Waals surface area contributed by atoms with Gasteiger partial charge in [0.15, 0.2) is 0 Å². The third-order valence-electron chi connectivity index (χ3n) is 4.37. The van der Waals surface area contributed by atoms with Gasteiger partial charge in [-0.25, -0.2) is 9.97 Å². The molecule has 126 valence electrons. The third kappa shape index (κ3) is 2.98. The smallest absolute Gasteiger partial charge is 0.242 e. The SMILES string of the molecule is CC(C(=O)NCCc1cn2ccccc2n1)n1cnc2ccccc21. The number of amides is 1. The van der Waals surface area contributed by atoms with Gasteiger partial charge < -0.3 is 14.3 Å². The van der Waals surface area contributed by atoms with Gasteiger partial charge in [0.1, 0.15) is 11.7 Å². The van der Waals surface area contributed by atoms with Crippen LogP contribution in [0.4, 0.5) is 0 Å². The van der Waals surface area contributed by atoms with E-state index in [1.165, 1.54) is 0 Å². The minimum atomic E-state index is -0.312. The molecule has 0 bridgehead atoms. The zero-order chi connectivity index (χ0) is 17.2. The highest BCUT2D eigenvalue weighted by Gasteiger charge is 2.16. The molecule has 0 saturated carbocycles. The summed E-state index contributed by atoms with van der Waals surface area (Å²) in [5.41, 5.74) is 3.74. The van der Waals surface area contributed by atoms with E-state index in [0.717, 1.165) is 22.4 Å². The first-order chi connectivity index (χ1) is 12.2. The van der Waals surface area contributed by atoms with Gasteiger partial charge in [-0.2, -0.15) is 0 Å². The quantitative estimate of drug-likeness (QED) is 0.610. The minimum absolute atomic E-state index is 0.0214. The lowest BCUT2D eigenvalue weighted by Crippen LogP contribution is -2.32. The summed E-state index contributed by atoms with van der Waals surface area (Å²) in [6.45, 7) is 2.44. The van der Waals surface area contributed by atoms with Crippen molar-refractivity contribution in [1.82, 2.24) is 24.3 Å². The van der Waals surface area contributed by atoms with E-state index < -0.39 is 0 Å². The van der Waals surface area contributed by atoms with Gasteiger partial charge in [-0.3, -0.25) is 4.79 Å². The van der Waals surface area contributed by atoms with Gasteiger partial charge in [-0.15, -0.1) is 0 Å². The predicted octanol–water partition coefficient (Wildman–Crippen LogP) is 2.60. The molecule has 0 radical (unpaired) electrons. The monoisotopic (exact) mass is 333 g/mol. The molecule has 3 aromatic heterocycles. The first-order valence-corrected chi connectivity index (χ1v) is 8.34. The molecule has 4 rings (SSSR count). The van der Waals surface area contributed by atoms with Gasteiger partial charge in [0.05, 0.1) is 23.1 Å². The molecule has 0 aliphatic rings. The van der Waals surface area contributed by atoms with Crippen LogP contribution in [0.2, 0.25) is 0 Å². The number of rotatable bonds is 5. The number of carbonyl (C=O) groups is 1. The van der Waals surface area contributed by atoms with Crippen LogP contribution in [0.25, 0.3) is 16.7 Å². The molecule has 0 spiro atoms. The molecule has 1 unspecified atom stereocenters. The van der Waals surface area contributed by atoms with Crippen molar-refractivity contribution in [3.05, 3.63) is 66.9 Å². The van der Waals surface area contributed by atoms with Gasteiger partial charge in [0.25, 0.3) is 0 Å².